The van der Waals surface area contributed by atoms with E-state index in [0.29, 0.717) is 22.1 Å². The van der Waals surface area contributed by atoms with E-state index in [0.717, 1.165) is 17.9 Å². The van der Waals surface area contributed by atoms with E-state index >= 15 is 0 Å². The van der Waals surface area contributed by atoms with Crippen molar-refractivity contribution in [1.29, 1.82) is 0 Å². The topological polar surface area (TPSA) is 68.2 Å². The van der Waals surface area contributed by atoms with Crippen molar-refractivity contribution in [1.82, 2.24) is 5.01 Å². The van der Waals surface area contributed by atoms with Crippen molar-refractivity contribution in [2.75, 3.05) is 7.11 Å². The van der Waals surface area contributed by atoms with Crippen LogP contribution in [0.5, 0.6) is 11.5 Å². The van der Waals surface area contributed by atoms with Crippen molar-refractivity contribution < 1.29 is 19.1 Å². The molecular formula is C21H23ClN2O4. The highest BCUT2D eigenvalue weighted by molar-refractivity contribution is 6.31. The van der Waals surface area contributed by atoms with E-state index in [1.807, 2.05) is 13.8 Å². The minimum atomic E-state index is -0.274. The average molecular weight is 403 g/mol. The number of amides is 2. The van der Waals surface area contributed by atoms with Crippen molar-refractivity contribution in [2.24, 2.45) is 28.8 Å². The van der Waals surface area contributed by atoms with Crippen molar-refractivity contribution >= 4 is 29.6 Å². The van der Waals surface area contributed by atoms with Gasteiger partial charge < -0.3 is 9.47 Å². The van der Waals surface area contributed by atoms with Gasteiger partial charge in [0.25, 0.3) is 11.8 Å². The van der Waals surface area contributed by atoms with E-state index in [1.54, 1.807) is 12.1 Å². The van der Waals surface area contributed by atoms with Gasteiger partial charge in [-0.2, -0.15) is 10.1 Å². The minimum absolute atomic E-state index is 0.0432. The molecule has 5 atom stereocenters. The molecule has 6 nitrogen and oxygen atoms in total. The van der Waals surface area contributed by atoms with Gasteiger partial charge in [-0.1, -0.05) is 30.7 Å². The Morgan fingerprint density at radius 1 is 1.25 bits per heavy atom. The summed E-state index contributed by atoms with van der Waals surface area (Å²) in [5.41, 5.74) is 0.559. The van der Waals surface area contributed by atoms with E-state index in [2.05, 4.69) is 17.3 Å². The van der Waals surface area contributed by atoms with E-state index < -0.39 is 0 Å². The van der Waals surface area contributed by atoms with Gasteiger partial charge >= 0.3 is 0 Å². The summed E-state index contributed by atoms with van der Waals surface area (Å²) >= 11 is 6.20. The third-order valence-electron chi connectivity index (χ3n) is 5.92. The number of carbonyl (C=O) groups excluding carboxylic acids is 2. The van der Waals surface area contributed by atoms with Crippen LogP contribution in [0.25, 0.3) is 0 Å². The zero-order valence-electron chi connectivity index (χ0n) is 16.1. The van der Waals surface area contributed by atoms with Gasteiger partial charge in [-0.3, -0.25) is 9.59 Å². The fourth-order valence-corrected chi connectivity index (χ4v) is 4.58. The lowest BCUT2D eigenvalue weighted by atomic mass is 9.85. The van der Waals surface area contributed by atoms with Crippen LogP contribution in [0, 0.1) is 23.7 Å². The van der Waals surface area contributed by atoms with Crippen molar-refractivity contribution in [3.63, 3.8) is 0 Å². The number of hydrazone groups is 1. The molecule has 2 amide bonds. The Bertz CT molecular complexity index is 851. The SMILES string of the molecule is CCC(C)Oc1c(C=NN2C(=O)C3C4C=CC(C4)C3C2=O)cc(Cl)cc1OC. The van der Waals surface area contributed by atoms with Crippen molar-refractivity contribution in [2.45, 2.75) is 32.8 Å². The van der Waals surface area contributed by atoms with Crippen LogP contribution in [0.1, 0.15) is 32.3 Å². The molecule has 28 heavy (non-hydrogen) atoms. The number of rotatable bonds is 6. The van der Waals surface area contributed by atoms with Gasteiger partial charge in [0.05, 0.1) is 31.3 Å². The predicted octanol–water partition coefficient (Wildman–Crippen LogP) is 3.67. The summed E-state index contributed by atoms with van der Waals surface area (Å²) in [5, 5.41) is 5.70. The van der Waals surface area contributed by atoms with Gasteiger partial charge in [-0.25, -0.2) is 0 Å². The Morgan fingerprint density at radius 2 is 1.89 bits per heavy atom. The largest absolute Gasteiger partial charge is 0.493 e. The summed E-state index contributed by atoms with van der Waals surface area (Å²) in [6, 6.07) is 3.35. The second-order valence-electron chi connectivity index (χ2n) is 7.60. The zero-order valence-corrected chi connectivity index (χ0v) is 16.8. The molecule has 1 aliphatic heterocycles. The Morgan fingerprint density at radius 3 is 2.46 bits per heavy atom. The van der Waals surface area contributed by atoms with Gasteiger partial charge in [-0.05, 0) is 37.7 Å². The molecule has 1 aromatic rings. The Kier molecular flexibility index (Phi) is 4.91. The molecular weight excluding hydrogens is 380 g/mol. The smallest absolute Gasteiger partial charge is 0.254 e. The number of benzene rings is 1. The van der Waals surface area contributed by atoms with E-state index in [1.165, 1.54) is 13.3 Å². The third kappa shape index (κ3) is 3.00. The number of ether oxygens (including phenoxy) is 2. The second-order valence-corrected chi connectivity index (χ2v) is 8.03. The maximum Gasteiger partial charge on any atom is 0.254 e. The number of nitrogens with zero attached hydrogens (tertiary/aromatic N) is 2. The quantitative estimate of drug-likeness (QED) is 0.413. The number of methoxy groups -OCH3 is 1. The Labute approximate surface area is 169 Å². The fraction of sp³-hybridized carbons (Fsp3) is 0.476. The summed E-state index contributed by atoms with van der Waals surface area (Å²) in [6.45, 7) is 3.97. The van der Waals surface area contributed by atoms with Gasteiger partial charge in [-0.15, -0.1) is 0 Å². The lowest BCUT2D eigenvalue weighted by Crippen LogP contribution is -2.28. The summed E-state index contributed by atoms with van der Waals surface area (Å²) in [6.07, 6.45) is 7.23. The molecule has 2 aliphatic carbocycles. The lowest BCUT2D eigenvalue weighted by molar-refractivity contribution is -0.140. The molecule has 5 unspecified atom stereocenters. The molecule has 2 fully saturated rings. The van der Waals surface area contributed by atoms with Crippen LogP contribution in [-0.2, 0) is 9.59 Å². The van der Waals surface area contributed by atoms with Crippen LogP contribution < -0.4 is 9.47 Å². The highest BCUT2D eigenvalue weighted by atomic mass is 35.5. The zero-order chi connectivity index (χ0) is 20.0. The van der Waals surface area contributed by atoms with E-state index in [-0.39, 0.29) is 41.6 Å². The summed E-state index contributed by atoms with van der Waals surface area (Å²) < 4.78 is 11.4. The van der Waals surface area contributed by atoms with Crippen molar-refractivity contribution in [3.05, 3.63) is 34.9 Å². The maximum absolute atomic E-state index is 12.8. The van der Waals surface area contributed by atoms with Gasteiger partial charge in [0.1, 0.15) is 0 Å². The van der Waals surface area contributed by atoms with Gasteiger partial charge in [0.15, 0.2) is 11.5 Å². The fourth-order valence-electron chi connectivity index (χ4n) is 4.37. The monoisotopic (exact) mass is 402 g/mol. The van der Waals surface area contributed by atoms with Crippen LogP contribution in [0.3, 0.4) is 0 Å². The Hall–Kier alpha value is -2.34. The third-order valence-corrected chi connectivity index (χ3v) is 6.14. The summed E-state index contributed by atoms with van der Waals surface area (Å²) in [5.74, 6) is 0.291. The first kappa shape index (κ1) is 19.0. The first-order chi connectivity index (χ1) is 13.4. The lowest BCUT2D eigenvalue weighted by Gasteiger charge is -2.18. The number of imide groups is 1. The number of carbonyl (C=O) groups is 2. The normalized spacial score (nSPS) is 29.1. The van der Waals surface area contributed by atoms with Gasteiger partial charge in [0.2, 0.25) is 0 Å². The van der Waals surface area contributed by atoms with Crippen LogP contribution in [-0.4, -0.2) is 36.3 Å². The molecule has 7 heteroatoms. The molecule has 1 aromatic carbocycles. The van der Waals surface area contributed by atoms with E-state index in [9.17, 15) is 9.59 Å². The molecule has 2 bridgehead atoms. The molecule has 1 saturated heterocycles. The number of fused-ring (bicyclic) bond motifs is 5. The van der Waals surface area contributed by atoms with Gasteiger partial charge in [0, 0.05) is 16.7 Å². The molecule has 0 spiro atoms. The standard InChI is InChI=1S/C21H23ClN2O4/c1-4-11(2)28-19-14(8-15(22)9-16(19)27-3)10-23-24-20(25)17-12-5-6-13(7-12)18(17)21(24)26/h5-6,8-13,17-18H,4,7H2,1-3H3. The van der Waals surface area contributed by atoms with Crippen molar-refractivity contribution in [3.8, 4) is 11.5 Å². The number of allylic oxidation sites excluding steroid dienone is 2. The summed E-state index contributed by atoms with van der Waals surface area (Å²) in [4.78, 5) is 25.6. The predicted molar refractivity (Wildman–Crippen MR) is 106 cm³/mol. The highest BCUT2D eigenvalue weighted by Crippen LogP contribution is 2.52. The molecule has 1 heterocycles. The van der Waals surface area contributed by atoms with E-state index in [4.69, 9.17) is 21.1 Å². The average Bonchev–Trinajstić information content (AvgIpc) is 3.36. The van der Waals surface area contributed by atoms with Crippen LogP contribution in [0.4, 0.5) is 0 Å². The minimum Gasteiger partial charge on any atom is -0.493 e. The molecule has 3 aliphatic rings. The number of halogens is 1. The summed E-state index contributed by atoms with van der Waals surface area (Å²) in [7, 11) is 1.54. The molecule has 4 rings (SSSR count). The van der Waals surface area contributed by atoms with Crippen LogP contribution >= 0.6 is 11.6 Å². The maximum atomic E-state index is 12.8. The van der Waals surface area contributed by atoms with Crippen LogP contribution in [0.2, 0.25) is 5.02 Å². The molecule has 1 saturated carbocycles. The first-order valence-corrected chi connectivity index (χ1v) is 9.96. The first-order valence-electron chi connectivity index (χ1n) is 9.58. The molecule has 0 radical (unpaired) electrons. The molecule has 0 aromatic heterocycles. The molecule has 0 N–H and O–H groups in total. The number of hydrogen-bond acceptors (Lipinski definition) is 5. The number of hydrogen-bond donors (Lipinski definition) is 0. The Balaban J connectivity index is 1.64. The van der Waals surface area contributed by atoms with Crippen LogP contribution in [0.15, 0.2) is 29.4 Å². The highest BCUT2D eigenvalue weighted by Gasteiger charge is 2.59. The molecule has 148 valence electrons. The second kappa shape index (κ2) is 7.24.